The molecule has 2 heterocycles. The second-order valence-electron chi connectivity index (χ2n) is 9.69. The number of rotatable bonds is 2. The van der Waals surface area contributed by atoms with Crippen molar-refractivity contribution in [3.05, 3.63) is 78.9 Å². The summed E-state index contributed by atoms with van der Waals surface area (Å²) >= 11 is 0. The highest BCUT2D eigenvalue weighted by molar-refractivity contribution is 6.62. The predicted octanol–water partition coefficient (Wildman–Crippen LogP) is 6.71. The lowest BCUT2D eigenvalue weighted by atomic mass is 9.78. The van der Waals surface area contributed by atoms with Crippen molar-refractivity contribution in [1.29, 1.82) is 0 Å². The molecule has 5 aromatic rings. The molecular weight excluding hydrogens is 395 g/mol. The van der Waals surface area contributed by atoms with Crippen LogP contribution in [-0.4, -0.2) is 18.3 Å². The van der Waals surface area contributed by atoms with Crippen LogP contribution in [0.3, 0.4) is 0 Å². The molecular formula is C28H25BO3. The Morgan fingerprint density at radius 2 is 1.31 bits per heavy atom. The number of furan rings is 1. The average molecular weight is 420 g/mol. The van der Waals surface area contributed by atoms with Gasteiger partial charge in [-0.15, -0.1) is 0 Å². The topological polar surface area (TPSA) is 31.6 Å². The molecule has 1 fully saturated rings. The summed E-state index contributed by atoms with van der Waals surface area (Å²) in [5.41, 5.74) is 4.36. The van der Waals surface area contributed by atoms with E-state index in [1.165, 1.54) is 10.8 Å². The van der Waals surface area contributed by atoms with Crippen LogP contribution < -0.4 is 5.46 Å². The van der Waals surface area contributed by atoms with Crippen molar-refractivity contribution in [1.82, 2.24) is 0 Å². The molecule has 0 N–H and O–H groups in total. The van der Waals surface area contributed by atoms with Gasteiger partial charge in [-0.3, -0.25) is 0 Å². The number of hydrogen-bond acceptors (Lipinski definition) is 3. The summed E-state index contributed by atoms with van der Waals surface area (Å²) in [5.74, 6) is 0. The number of para-hydroxylation sites is 1. The maximum Gasteiger partial charge on any atom is 0.494 e. The fraction of sp³-hybridized carbons (Fsp3) is 0.214. The van der Waals surface area contributed by atoms with Crippen LogP contribution in [0.2, 0.25) is 0 Å². The van der Waals surface area contributed by atoms with Gasteiger partial charge in [-0.05, 0) is 61.6 Å². The van der Waals surface area contributed by atoms with E-state index < -0.39 is 0 Å². The first-order valence-corrected chi connectivity index (χ1v) is 11.1. The second kappa shape index (κ2) is 6.71. The predicted molar refractivity (Wildman–Crippen MR) is 132 cm³/mol. The number of fused-ring (bicyclic) bond motifs is 4. The maximum absolute atomic E-state index is 6.38. The third-order valence-electron chi connectivity index (χ3n) is 7.11. The van der Waals surface area contributed by atoms with Crippen LogP contribution in [0, 0.1) is 0 Å². The summed E-state index contributed by atoms with van der Waals surface area (Å²) in [4.78, 5) is 0. The quantitative estimate of drug-likeness (QED) is 0.298. The van der Waals surface area contributed by atoms with Crippen LogP contribution >= 0.6 is 0 Å². The Hall–Kier alpha value is -3.08. The van der Waals surface area contributed by atoms with Gasteiger partial charge in [0.25, 0.3) is 0 Å². The molecule has 0 bridgehead atoms. The lowest BCUT2D eigenvalue weighted by Gasteiger charge is -2.32. The molecule has 0 aliphatic carbocycles. The van der Waals surface area contributed by atoms with E-state index in [1.54, 1.807) is 0 Å². The third-order valence-corrected chi connectivity index (χ3v) is 7.11. The molecule has 0 radical (unpaired) electrons. The van der Waals surface area contributed by atoms with Gasteiger partial charge in [0, 0.05) is 16.3 Å². The molecule has 0 spiro atoms. The minimum Gasteiger partial charge on any atom is -0.455 e. The van der Waals surface area contributed by atoms with Gasteiger partial charge in [-0.25, -0.2) is 0 Å². The zero-order valence-electron chi connectivity index (χ0n) is 18.8. The SMILES string of the molecule is CC1(C)OB(c2ccc(-c3cccc4c3oc3cc5ccccc5cc34)cc2)OC1(C)C. The van der Waals surface area contributed by atoms with Crippen molar-refractivity contribution in [2.45, 2.75) is 38.9 Å². The van der Waals surface area contributed by atoms with E-state index in [1.807, 2.05) is 0 Å². The zero-order valence-corrected chi connectivity index (χ0v) is 18.8. The van der Waals surface area contributed by atoms with Crippen molar-refractivity contribution in [2.75, 3.05) is 0 Å². The molecule has 1 saturated heterocycles. The van der Waals surface area contributed by atoms with Crippen molar-refractivity contribution >= 4 is 45.3 Å². The van der Waals surface area contributed by atoms with Crippen molar-refractivity contribution in [2.24, 2.45) is 0 Å². The minimum absolute atomic E-state index is 0.347. The molecule has 1 aliphatic rings. The Balaban J connectivity index is 1.42. The fourth-order valence-corrected chi connectivity index (χ4v) is 4.51. The Labute approximate surface area is 188 Å². The molecule has 158 valence electrons. The first-order valence-electron chi connectivity index (χ1n) is 11.1. The van der Waals surface area contributed by atoms with Gasteiger partial charge in [0.05, 0.1) is 11.2 Å². The van der Waals surface area contributed by atoms with Crippen molar-refractivity contribution in [3.63, 3.8) is 0 Å². The van der Waals surface area contributed by atoms with Crippen LogP contribution in [0.15, 0.2) is 83.3 Å². The number of benzene rings is 4. The highest BCUT2D eigenvalue weighted by Crippen LogP contribution is 2.38. The van der Waals surface area contributed by atoms with Crippen LogP contribution in [0.1, 0.15) is 27.7 Å². The molecule has 1 aliphatic heterocycles. The largest absolute Gasteiger partial charge is 0.494 e. The lowest BCUT2D eigenvalue weighted by molar-refractivity contribution is 0.00578. The van der Waals surface area contributed by atoms with E-state index >= 15 is 0 Å². The summed E-state index contributed by atoms with van der Waals surface area (Å²) in [5, 5.41) is 4.69. The summed E-state index contributed by atoms with van der Waals surface area (Å²) in [6.07, 6.45) is 0. The summed E-state index contributed by atoms with van der Waals surface area (Å²) in [6, 6.07) is 27.5. The van der Waals surface area contributed by atoms with Gasteiger partial charge < -0.3 is 13.7 Å². The summed E-state index contributed by atoms with van der Waals surface area (Å²) < 4.78 is 18.8. The van der Waals surface area contributed by atoms with Gasteiger partial charge in [0.1, 0.15) is 11.2 Å². The standard InChI is InChI=1S/C28H25BO3/c1-27(2)28(3,4)32-29(31-27)21-14-12-18(13-15-21)22-10-7-11-23-24-16-19-8-5-6-9-20(19)17-25(24)30-26(22)23/h5-17H,1-4H3. The highest BCUT2D eigenvalue weighted by atomic mass is 16.7. The molecule has 3 nitrogen and oxygen atoms in total. The van der Waals surface area contributed by atoms with Crippen LogP contribution in [0.4, 0.5) is 0 Å². The van der Waals surface area contributed by atoms with Crippen LogP contribution in [0.5, 0.6) is 0 Å². The van der Waals surface area contributed by atoms with Gasteiger partial charge in [-0.2, -0.15) is 0 Å². The molecule has 0 unspecified atom stereocenters. The smallest absolute Gasteiger partial charge is 0.455 e. The van der Waals surface area contributed by atoms with Crippen LogP contribution in [0.25, 0.3) is 43.8 Å². The molecule has 4 aromatic carbocycles. The molecule has 0 atom stereocenters. The monoisotopic (exact) mass is 420 g/mol. The van der Waals surface area contributed by atoms with E-state index in [0.29, 0.717) is 0 Å². The highest BCUT2D eigenvalue weighted by Gasteiger charge is 2.51. The van der Waals surface area contributed by atoms with Gasteiger partial charge >= 0.3 is 7.12 Å². The van der Waals surface area contributed by atoms with E-state index in [0.717, 1.165) is 38.5 Å². The molecule has 6 rings (SSSR count). The van der Waals surface area contributed by atoms with Crippen LogP contribution in [-0.2, 0) is 9.31 Å². The Kier molecular flexibility index (Phi) is 4.11. The molecule has 4 heteroatoms. The molecule has 1 aromatic heterocycles. The van der Waals surface area contributed by atoms with Gasteiger partial charge in [0.2, 0.25) is 0 Å². The summed E-state index contributed by atoms with van der Waals surface area (Å²) in [7, 11) is -0.358. The lowest BCUT2D eigenvalue weighted by Crippen LogP contribution is -2.41. The van der Waals surface area contributed by atoms with E-state index in [4.69, 9.17) is 13.7 Å². The van der Waals surface area contributed by atoms with Crippen molar-refractivity contribution < 1.29 is 13.7 Å². The first kappa shape index (κ1) is 19.6. The molecule has 0 saturated carbocycles. The van der Waals surface area contributed by atoms with E-state index in [-0.39, 0.29) is 18.3 Å². The third kappa shape index (κ3) is 2.91. The normalized spacial score (nSPS) is 17.6. The molecule has 32 heavy (non-hydrogen) atoms. The van der Waals surface area contributed by atoms with Gasteiger partial charge in [0.15, 0.2) is 0 Å². The first-order chi connectivity index (χ1) is 15.3. The van der Waals surface area contributed by atoms with Crippen molar-refractivity contribution in [3.8, 4) is 11.1 Å². The van der Waals surface area contributed by atoms with E-state index in [2.05, 4.69) is 107 Å². The minimum atomic E-state index is -0.358. The summed E-state index contributed by atoms with van der Waals surface area (Å²) in [6.45, 7) is 8.31. The van der Waals surface area contributed by atoms with Gasteiger partial charge in [-0.1, -0.05) is 66.7 Å². The molecule has 0 amide bonds. The second-order valence-corrected chi connectivity index (χ2v) is 9.69. The average Bonchev–Trinajstić information content (AvgIpc) is 3.24. The Bertz CT molecular complexity index is 1460. The Morgan fingerprint density at radius 3 is 2.00 bits per heavy atom. The number of hydrogen-bond donors (Lipinski definition) is 0. The van der Waals surface area contributed by atoms with E-state index in [9.17, 15) is 0 Å². The zero-order chi connectivity index (χ0) is 22.1. The Morgan fingerprint density at radius 1 is 0.656 bits per heavy atom. The maximum atomic E-state index is 6.38. The fourth-order valence-electron chi connectivity index (χ4n) is 4.51.